The van der Waals surface area contributed by atoms with Crippen LogP contribution in [0.4, 0.5) is 4.39 Å². The van der Waals surface area contributed by atoms with E-state index in [1.165, 1.54) is 11.0 Å². The van der Waals surface area contributed by atoms with E-state index in [1.807, 2.05) is 12.1 Å². The normalized spacial score (nSPS) is 10.2. The van der Waals surface area contributed by atoms with Crippen LogP contribution in [-0.2, 0) is 17.8 Å². The second-order valence-corrected chi connectivity index (χ2v) is 5.61. The fraction of sp³-hybridized carbons (Fsp3) is 0.250. The first-order chi connectivity index (χ1) is 12.0. The van der Waals surface area contributed by atoms with Crippen molar-refractivity contribution >= 4 is 5.91 Å². The lowest BCUT2D eigenvalue weighted by Crippen LogP contribution is -2.31. The molecule has 2 rings (SSSR count). The van der Waals surface area contributed by atoms with Crippen molar-refractivity contribution < 1.29 is 18.7 Å². The predicted octanol–water partition coefficient (Wildman–Crippen LogP) is 3.60. The Balaban J connectivity index is 1.97. The molecule has 1 amide bonds. The highest BCUT2D eigenvalue weighted by Crippen LogP contribution is 2.28. The number of hydrogen-bond donors (Lipinski definition) is 0. The first kappa shape index (κ1) is 18.5. The van der Waals surface area contributed by atoms with Crippen molar-refractivity contribution in [2.24, 2.45) is 0 Å². The molecule has 0 fully saturated rings. The summed E-state index contributed by atoms with van der Waals surface area (Å²) < 4.78 is 24.5. The molecule has 0 radical (unpaired) electrons. The maximum absolute atomic E-state index is 13.7. The average Bonchev–Trinajstić information content (AvgIpc) is 2.62. The Morgan fingerprint density at radius 3 is 2.68 bits per heavy atom. The number of amides is 1. The lowest BCUT2D eigenvalue weighted by molar-refractivity contribution is -0.132. The van der Waals surface area contributed by atoms with E-state index in [0.717, 1.165) is 12.0 Å². The van der Waals surface area contributed by atoms with E-state index >= 15 is 0 Å². The average molecular weight is 343 g/mol. The van der Waals surface area contributed by atoms with Gasteiger partial charge in [0, 0.05) is 19.2 Å². The summed E-state index contributed by atoms with van der Waals surface area (Å²) in [5.74, 6) is 0.467. The van der Waals surface area contributed by atoms with Gasteiger partial charge in [-0.3, -0.25) is 4.79 Å². The second kappa shape index (κ2) is 8.87. The first-order valence-electron chi connectivity index (χ1n) is 7.93. The van der Waals surface area contributed by atoms with Crippen molar-refractivity contribution in [2.45, 2.75) is 13.0 Å². The van der Waals surface area contributed by atoms with Gasteiger partial charge in [-0.05, 0) is 30.2 Å². The second-order valence-electron chi connectivity index (χ2n) is 5.61. The largest absolute Gasteiger partial charge is 0.493 e. The number of carbonyl (C=O) groups excluding carboxylic acids is 1. The molecule has 0 spiro atoms. The Morgan fingerprint density at radius 1 is 1.24 bits per heavy atom. The van der Waals surface area contributed by atoms with Crippen LogP contribution in [0.1, 0.15) is 11.1 Å². The Labute approximate surface area is 147 Å². The standard InChI is InChI=1S/C20H22FNO3/c1-4-7-15-10-11-18(19(12-15)24-3)25-14-20(23)22(2)13-16-8-5-6-9-17(16)21/h4-6,8-12H,1,7,13-14H2,2-3H3. The molecule has 0 unspecified atom stereocenters. The Hall–Kier alpha value is -2.82. The molecule has 0 saturated heterocycles. The molecule has 0 N–H and O–H groups in total. The quantitative estimate of drug-likeness (QED) is 0.688. The summed E-state index contributed by atoms with van der Waals surface area (Å²) in [6.45, 7) is 3.74. The number of allylic oxidation sites excluding steroid dienone is 1. The van der Waals surface area contributed by atoms with Gasteiger partial charge < -0.3 is 14.4 Å². The van der Waals surface area contributed by atoms with Gasteiger partial charge >= 0.3 is 0 Å². The number of methoxy groups -OCH3 is 1. The molecule has 5 heteroatoms. The molecule has 0 aliphatic carbocycles. The maximum Gasteiger partial charge on any atom is 0.260 e. The molecule has 0 heterocycles. The molecule has 0 bridgehead atoms. The van der Waals surface area contributed by atoms with Gasteiger partial charge in [-0.2, -0.15) is 0 Å². The van der Waals surface area contributed by atoms with Gasteiger partial charge in [-0.1, -0.05) is 30.3 Å². The van der Waals surface area contributed by atoms with Crippen molar-refractivity contribution in [3.8, 4) is 11.5 Å². The molecule has 0 aliphatic heterocycles. The van der Waals surface area contributed by atoms with Gasteiger partial charge in [0.1, 0.15) is 5.82 Å². The van der Waals surface area contributed by atoms with Crippen LogP contribution in [0.25, 0.3) is 0 Å². The molecule has 4 nitrogen and oxygen atoms in total. The molecule has 0 aromatic heterocycles. The van der Waals surface area contributed by atoms with Gasteiger partial charge in [0.05, 0.1) is 7.11 Å². The predicted molar refractivity (Wildman–Crippen MR) is 95.3 cm³/mol. The number of halogens is 1. The minimum absolute atomic E-state index is 0.151. The third kappa shape index (κ3) is 5.08. The van der Waals surface area contributed by atoms with E-state index in [4.69, 9.17) is 9.47 Å². The molecule has 132 valence electrons. The molecule has 25 heavy (non-hydrogen) atoms. The van der Waals surface area contributed by atoms with Gasteiger partial charge in [-0.25, -0.2) is 4.39 Å². The maximum atomic E-state index is 13.7. The van der Waals surface area contributed by atoms with Gasteiger partial charge in [-0.15, -0.1) is 6.58 Å². The fourth-order valence-electron chi connectivity index (χ4n) is 2.34. The summed E-state index contributed by atoms with van der Waals surface area (Å²) in [4.78, 5) is 13.7. The molecule has 0 atom stereocenters. The minimum atomic E-state index is -0.331. The van der Waals surface area contributed by atoms with Crippen LogP contribution in [0.3, 0.4) is 0 Å². The van der Waals surface area contributed by atoms with E-state index in [-0.39, 0.29) is 24.9 Å². The zero-order valence-corrected chi connectivity index (χ0v) is 14.5. The lowest BCUT2D eigenvalue weighted by atomic mass is 10.1. The van der Waals surface area contributed by atoms with E-state index < -0.39 is 0 Å². The van der Waals surface area contributed by atoms with Gasteiger partial charge in [0.25, 0.3) is 5.91 Å². The number of hydrogen-bond acceptors (Lipinski definition) is 3. The number of carbonyl (C=O) groups is 1. The summed E-state index contributed by atoms with van der Waals surface area (Å²) in [5.41, 5.74) is 1.51. The molecule has 0 saturated carbocycles. The minimum Gasteiger partial charge on any atom is -0.493 e. The number of rotatable bonds is 8. The highest BCUT2D eigenvalue weighted by atomic mass is 19.1. The topological polar surface area (TPSA) is 38.8 Å². The number of benzene rings is 2. The lowest BCUT2D eigenvalue weighted by Gasteiger charge is -2.18. The summed E-state index contributed by atoms with van der Waals surface area (Å²) >= 11 is 0. The molecule has 0 aliphatic rings. The summed E-state index contributed by atoms with van der Waals surface area (Å²) in [6.07, 6.45) is 2.53. The van der Waals surface area contributed by atoms with Crippen molar-refractivity contribution in [3.63, 3.8) is 0 Å². The Morgan fingerprint density at radius 2 is 2.00 bits per heavy atom. The third-order valence-corrected chi connectivity index (χ3v) is 3.75. The van der Waals surface area contributed by atoms with Crippen LogP contribution in [0.5, 0.6) is 11.5 Å². The zero-order chi connectivity index (χ0) is 18.2. The van der Waals surface area contributed by atoms with Crippen LogP contribution in [0, 0.1) is 5.82 Å². The monoisotopic (exact) mass is 343 g/mol. The van der Waals surface area contributed by atoms with Crippen molar-refractivity contribution in [1.29, 1.82) is 0 Å². The molecule has 2 aromatic carbocycles. The number of likely N-dealkylation sites (N-methyl/N-ethyl adjacent to an activating group) is 1. The van der Waals surface area contributed by atoms with E-state index in [1.54, 1.807) is 44.5 Å². The molecular formula is C20H22FNO3. The molecular weight excluding hydrogens is 321 g/mol. The Bertz CT molecular complexity index is 745. The van der Waals surface area contributed by atoms with Crippen molar-refractivity contribution in [3.05, 3.63) is 72.1 Å². The van der Waals surface area contributed by atoms with Crippen LogP contribution in [0.2, 0.25) is 0 Å². The SMILES string of the molecule is C=CCc1ccc(OCC(=O)N(C)Cc2ccccc2F)c(OC)c1. The van der Waals surface area contributed by atoms with Gasteiger partial charge in [0.15, 0.2) is 18.1 Å². The van der Waals surface area contributed by atoms with Gasteiger partial charge in [0.2, 0.25) is 0 Å². The summed E-state index contributed by atoms with van der Waals surface area (Å²) in [5, 5.41) is 0. The highest BCUT2D eigenvalue weighted by Gasteiger charge is 2.14. The van der Waals surface area contributed by atoms with E-state index in [0.29, 0.717) is 17.1 Å². The fourth-order valence-corrected chi connectivity index (χ4v) is 2.34. The van der Waals surface area contributed by atoms with Crippen molar-refractivity contribution in [2.75, 3.05) is 20.8 Å². The van der Waals surface area contributed by atoms with Crippen LogP contribution in [0.15, 0.2) is 55.1 Å². The first-order valence-corrected chi connectivity index (χ1v) is 7.93. The number of nitrogens with zero attached hydrogens (tertiary/aromatic N) is 1. The smallest absolute Gasteiger partial charge is 0.260 e. The summed E-state index contributed by atoms with van der Waals surface area (Å²) in [7, 11) is 3.16. The van der Waals surface area contributed by atoms with Crippen molar-refractivity contribution in [1.82, 2.24) is 4.90 Å². The zero-order valence-electron chi connectivity index (χ0n) is 14.5. The summed E-state index contributed by atoms with van der Waals surface area (Å²) in [6, 6.07) is 11.9. The highest BCUT2D eigenvalue weighted by molar-refractivity contribution is 5.77. The van der Waals surface area contributed by atoms with E-state index in [9.17, 15) is 9.18 Å². The van der Waals surface area contributed by atoms with E-state index in [2.05, 4.69) is 6.58 Å². The van der Waals surface area contributed by atoms with Crippen LogP contribution >= 0.6 is 0 Å². The molecule has 2 aromatic rings. The Kier molecular flexibility index (Phi) is 6.57. The third-order valence-electron chi connectivity index (χ3n) is 3.75. The van der Waals surface area contributed by atoms with Crippen LogP contribution < -0.4 is 9.47 Å². The number of ether oxygens (including phenoxy) is 2. The van der Waals surface area contributed by atoms with Crippen LogP contribution in [-0.4, -0.2) is 31.6 Å².